The molecule has 2 nitrogen and oxygen atoms in total. The lowest BCUT2D eigenvalue weighted by atomic mass is 10.3. The van der Waals surface area contributed by atoms with Crippen LogP contribution in [0.15, 0.2) is 16.6 Å². The number of nitrogens with two attached hydrogens (primary N) is 1. The third-order valence-corrected chi connectivity index (χ3v) is 1.75. The van der Waals surface area contributed by atoms with Gasteiger partial charge in [-0.3, -0.25) is 0 Å². The predicted octanol–water partition coefficient (Wildman–Crippen LogP) is 1.88. The summed E-state index contributed by atoms with van der Waals surface area (Å²) in [7, 11) is 0. The minimum absolute atomic E-state index is 0.227. The van der Waals surface area contributed by atoms with Crippen LogP contribution in [0.2, 0.25) is 0 Å². The second-order valence-corrected chi connectivity index (χ2v) is 2.65. The Morgan fingerprint density at radius 3 is 2.60 bits per heavy atom. The minimum atomic E-state index is -0.610. The molecule has 0 fully saturated rings. The number of phenols is 1. The summed E-state index contributed by atoms with van der Waals surface area (Å²) >= 11 is 2.98. The highest BCUT2D eigenvalue weighted by atomic mass is 79.9. The Bertz CT molecular complexity index is 237. The zero-order chi connectivity index (χ0) is 7.72. The van der Waals surface area contributed by atoms with Crippen molar-refractivity contribution in [2.75, 3.05) is 5.73 Å². The van der Waals surface area contributed by atoms with Gasteiger partial charge in [0, 0.05) is 0 Å². The van der Waals surface area contributed by atoms with Crippen molar-refractivity contribution in [3.05, 3.63) is 22.4 Å². The van der Waals surface area contributed by atoms with E-state index in [-0.39, 0.29) is 11.4 Å². The molecule has 0 unspecified atom stereocenters. The van der Waals surface area contributed by atoms with Crippen molar-refractivity contribution in [1.82, 2.24) is 0 Å². The maximum Gasteiger partial charge on any atom is 0.155 e. The number of hydrogen-bond donors (Lipinski definition) is 2. The van der Waals surface area contributed by atoms with Gasteiger partial charge in [0.1, 0.15) is 11.5 Å². The molecule has 4 heteroatoms. The molecule has 0 aliphatic heterocycles. The zero-order valence-corrected chi connectivity index (χ0v) is 6.52. The Hall–Kier alpha value is -0.770. The molecule has 1 aromatic rings. The number of rotatable bonds is 0. The fourth-order valence-electron chi connectivity index (χ4n) is 0.557. The van der Waals surface area contributed by atoms with Crippen molar-refractivity contribution < 1.29 is 9.50 Å². The highest BCUT2D eigenvalue weighted by Gasteiger charge is 2.05. The molecule has 10 heavy (non-hydrogen) atoms. The molecule has 54 valence electrons. The Morgan fingerprint density at radius 1 is 1.50 bits per heavy atom. The van der Waals surface area contributed by atoms with E-state index in [2.05, 4.69) is 15.9 Å². The molecule has 0 aliphatic rings. The molecule has 0 heterocycles. The van der Waals surface area contributed by atoms with Gasteiger partial charge in [-0.15, -0.1) is 0 Å². The number of nitrogen functional groups attached to an aromatic ring is 1. The number of halogens is 2. The van der Waals surface area contributed by atoms with Gasteiger partial charge in [0.2, 0.25) is 0 Å². The van der Waals surface area contributed by atoms with E-state index in [1.165, 1.54) is 12.1 Å². The molecular weight excluding hydrogens is 201 g/mol. The minimum Gasteiger partial charge on any atom is -0.505 e. The first-order valence-electron chi connectivity index (χ1n) is 2.55. The van der Waals surface area contributed by atoms with E-state index in [1.807, 2.05) is 0 Å². The van der Waals surface area contributed by atoms with Gasteiger partial charge in [-0.25, -0.2) is 4.39 Å². The third-order valence-electron chi connectivity index (χ3n) is 1.11. The lowest BCUT2D eigenvalue weighted by Gasteiger charge is -2.00. The Morgan fingerprint density at radius 2 is 2.10 bits per heavy atom. The van der Waals surface area contributed by atoms with Crippen LogP contribution in [0.3, 0.4) is 0 Å². The first-order valence-corrected chi connectivity index (χ1v) is 3.34. The molecule has 0 atom stereocenters. The van der Waals surface area contributed by atoms with E-state index >= 15 is 0 Å². The summed E-state index contributed by atoms with van der Waals surface area (Å²) in [6.45, 7) is 0. The second-order valence-electron chi connectivity index (χ2n) is 1.79. The maximum absolute atomic E-state index is 12.5. The molecule has 0 spiro atoms. The van der Waals surface area contributed by atoms with Gasteiger partial charge in [0.05, 0.1) is 4.47 Å². The fourth-order valence-corrected chi connectivity index (χ4v) is 0.903. The lowest BCUT2D eigenvalue weighted by molar-refractivity contribution is 0.469. The molecule has 1 rings (SSSR count). The van der Waals surface area contributed by atoms with Crippen LogP contribution in [-0.4, -0.2) is 5.11 Å². The average Bonchev–Trinajstić information content (AvgIpc) is 1.93. The van der Waals surface area contributed by atoms with Gasteiger partial charge >= 0.3 is 0 Å². The summed E-state index contributed by atoms with van der Waals surface area (Å²) in [5.41, 5.74) is 4.90. The lowest BCUT2D eigenvalue weighted by Crippen LogP contribution is -1.90. The Kier molecular flexibility index (Phi) is 1.80. The quantitative estimate of drug-likeness (QED) is 0.502. The van der Waals surface area contributed by atoms with Crippen LogP contribution in [0.4, 0.5) is 10.1 Å². The van der Waals surface area contributed by atoms with Gasteiger partial charge in [0.25, 0.3) is 0 Å². The zero-order valence-electron chi connectivity index (χ0n) is 4.94. The fraction of sp³-hybridized carbons (Fsp3) is 0. The molecule has 0 amide bonds. The van der Waals surface area contributed by atoms with E-state index in [0.717, 1.165) is 0 Å². The molecule has 3 N–H and O–H groups in total. The Balaban J connectivity index is 3.34. The highest BCUT2D eigenvalue weighted by molar-refractivity contribution is 9.10. The van der Waals surface area contributed by atoms with Crippen molar-refractivity contribution in [3.63, 3.8) is 0 Å². The first-order chi connectivity index (χ1) is 4.63. The van der Waals surface area contributed by atoms with Crippen molar-refractivity contribution >= 4 is 21.6 Å². The van der Waals surface area contributed by atoms with Crippen molar-refractivity contribution in [1.29, 1.82) is 0 Å². The number of aromatic hydroxyl groups is 1. The van der Waals surface area contributed by atoms with Gasteiger partial charge in [0.15, 0.2) is 5.75 Å². The predicted molar refractivity (Wildman–Crippen MR) is 40.2 cm³/mol. The molecule has 0 aliphatic carbocycles. The van der Waals surface area contributed by atoms with E-state index in [0.29, 0.717) is 4.47 Å². The molecule has 0 radical (unpaired) electrons. The summed E-state index contributed by atoms with van der Waals surface area (Å²) in [6.07, 6.45) is 0. The summed E-state index contributed by atoms with van der Waals surface area (Å²) in [6, 6.07) is 2.57. The normalized spacial score (nSPS) is 9.80. The summed E-state index contributed by atoms with van der Waals surface area (Å²) in [4.78, 5) is 0. The number of benzene rings is 1. The van der Waals surface area contributed by atoms with Crippen LogP contribution >= 0.6 is 15.9 Å². The molecule has 0 bridgehead atoms. The van der Waals surface area contributed by atoms with Crippen LogP contribution in [-0.2, 0) is 0 Å². The SMILES string of the molecule is Nc1c(F)ccc(Br)c1O. The first kappa shape index (κ1) is 7.34. The summed E-state index contributed by atoms with van der Waals surface area (Å²) < 4.78 is 12.8. The molecule has 0 saturated carbocycles. The van der Waals surface area contributed by atoms with Crippen molar-refractivity contribution in [3.8, 4) is 5.75 Å². The van der Waals surface area contributed by atoms with E-state index in [1.54, 1.807) is 0 Å². The maximum atomic E-state index is 12.5. The third kappa shape index (κ3) is 1.07. The Labute approximate surface area is 65.6 Å². The second kappa shape index (κ2) is 2.46. The van der Waals surface area contributed by atoms with Crippen LogP contribution in [0.1, 0.15) is 0 Å². The van der Waals surface area contributed by atoms with Gasteiger partial charge < -0.3 is 10.8 Å². The topological polar surface area (TPSA) is 46.2 Å². The molecular formula is C6H5BrFNO. The summed E-state index contributed by atoms with van der Waals surface area (Å²) in [5, 5.41) is 8.98. The van der Waals surface area contributed by atoms with Crippen molar-refractivity contribution in [2.24, 2.45) is 0 Å². The smallest absolute Gasteiger partial charge is 0.155 e. The van der Waals surface area contributed by atoms with E-state index < -0.39 is 5.82 Å². The van der Waals surface area contributed by atoms with E-state index in [9.17, 15) is 4.39 Å². The van der Waals surface area contributed by atoms with Crippen LogP contribution in [0.5, 0.6) is 5.75 Å². The van der Waals surface area contributed by atoms with Crippen molar-refractivity contribution in [2.45, 2.75) is 0 Å². The van der Waals surface area contributed by atoms with Gasteiger partial charge in [-0.1, -0.05) is 0 Å². The number of hydrogen-bond acceptors (Lipinski definition) is 2. The molecule has 0 aromatic heterocycles. The van der Waals surface area contributed by atoms with Gasteiger partial charge in [-0.05, 0) is 28.1 Å². The van der Waals surface area contributed by atoms with Crippen LogP contribution < -0.4 is 5.73 Å². The monoisotopic (exact) mass is 205 g/mol. The average molecular weight is 206 g/mol. The highest BCUT2D eigenvalue weighted by Crippen LogP contribution is 2.31. The van der Waals surface area contributed by atoms with Crippen LogP contribution in [0, 0.1) is 5.82 Å². The summed E-state index contributed by atoms with van der Waals surface area (Å²) in [5.74, 6) is -0.860. The standard InChI is InChI=1S/C6H5BrFNO/c7-3-1-2-4(8)5(9)6(3)10/h1-2,10H,9H2. The number of phenolic OH excluding ortho intramolecular Hbond substituents is 1. The number of anilines is 1. The van der Waals surface area contributed by atoms with Crippen LogP contribution in [0.25, 0.3) is 0 Å². The van der Waals surface area contributed by atoms with Gasteiger partial charge in [-0.2, -0.15) is 0 Å². The largest absolute Gasteiger partial charge is 0.505 e. The van der Waals surface area contributed by atoms with E-state index in [4.69, 9.17) is 10.8 Å². The molecule has 1 aromatic carbocycles. The molecule has 0 saturated heterocycles.